The van der Waals surface area contributed by atoms with Crippen LogP contribution in [0.25, 0.3) is 11.0 Å². The van der Waals surface area contributed by atoms with Crippen molar-refractivity contribution in [3.8, 4) is 12.1 Å². The fourth-order valence-electron chi connectivity index (χ4n) is 4.57. The first-order valence-electron chi connectivity index (χ1n) is 11.4. The van der Waals surface area contributed by atoms with E-state index >= 15 is 0 Å². The molecule has 9 heteroatoms. The van der Waals surface area contributed by atoms with Crippen LogP contribution in [0.1, 0.15) is 49.9 Å². The van der Waals surface area contributed by atoms with Crippen LogP contribution >= 0.6 is 0 Å². The number of anilines is 1. The molecule has 0 saturated carbocycles. The van der Waals surface area contributed by atoms with E-state index in [1.807, 2.05) is 24.5 Å². The van der Waals surface area contributed by atoms with E-state index in [9.17, 15) is 20.1 Å². The average Bonchev–Trinajstić information content (AvgIpc) is 3.19. The Hall–Kier alpha value is -4.11. The summed E-state index contributed by atoms with van der Waals surface area (Å²) in [7, 11) is 1.58. The van der Waals surface area contributed by atoms with Gasteiger partial charge in [0.1, 0.15) is 29.0 Å². The summed E-state index contributed by atoms with van der Waals surface area (Å²) in [4.78, 5) is 33.5. The molecule has 1 saturated heterocycles. The van der Waals surface area contributed by atoms with Gasteiger partial charge in [0.05, 0.1) is 23.3 Å². The zero-order valence-electron chi connectivity index (χ0n) is 19.7. The van der Waals surface area contributed by atoms with Gasteiger partial charge >= 0.3 is 5.69 Å². The number of hydrogen-bond acceptors (Lipinski definition) is 6. The maximum absolute atomic E-state index is 13.8. The Balaban J connectivity index is 2.05. The second-order valence-electron chi connectivity index (χ2n) is 8.79. The maximum atomic E-state index is 13.8. The van der Waals surface area contributed by atoms with E-state index in [0.29, 0.717) is 40.2 Å². The number of nitrogens with zero attached hydrogens (tertiary/aromatic N) is 7. The topological polar surface area (TPSA) is 113 Å². The van der Waals surface area contributed by atoms with E-state index in [1.165, 1.54) is 10.8 Å². The van der Waals surface area contributed by atoms with Gasteiger partial charge in [0, 0.05) is 32.9 Å². The van der Waals surface area contributed by atoms with Crippen LogP contribution in [0.4, 0.5) is 5.82 Å². The van der Waals surface area contributed by atoms with Gasteiger partial charge in [-0.1, -0.05) is 11.6 Å². The fraction of sp³-hybridized carbons (Fsp3) is 0.400. The number of aryl methyl sites for hydroxylation is 1. The lowest BCUT2D eigenvalue weighted by Gasteiger charge is -2.30. The first-order valence-corrected chi connectivity index (χ1v) is 11.4. The third kappa shape index (κ3) is 3.90. The van der Waals surface area contributed by atoms with Gasteiger partial charge in [-0.2, -0.15) is 10.5 Å². The summed E-state index contributed by atoms with van der Waals surface area (Å²) < 4.78 is 4.34. The first-order chi connectivity index (χ1) is 16.4. The molecule has 1 fully saturated rings. The number of aromatic nitrogens is 4. The molecule has 0 amide bonds. The van der Waals surface area contributed by atoms with Crippen molar-refractivity contribution in [1.29, 1.82) is 10.5 Å². The van der Waals surface area contributed by atoms with E-state index in [0.717, 1.165) is 42.5 Å². The zero-order chi connectivity index (χ0) is 24.4. The zero-order valence-corrected chi connectivity index (χ0v) is 19.7. The molecule has 0 atom stereocenters. The van der Waals surface area contributed by atoms with Gasteiger partial charge in [-0.25, -0.2) is 4.79 Å². The molecule has 4 heterocycles. The van der Waals surface area contributed by atoms with Crippen LogP contribution in [0, 0.1) is 22.7 Å². The van der Waals surface area contributed by atoms with Crippen LogP contribution in [-0.4, -0.2) is 31.8 Å². The predicted molar refractivity (Wildman–Crippen MR) is 130 cm³/mol. The van der Waals surface area contributed by atoms with Crippen molar-refractivity contribution in [3.05, 3.63) is 67.6 Å². The number of rotatable bonds is 5. The highest BCUT2D eigenvalue weighted by atomic mass is 16.2. The van der Waals surface area contributed by atoms with Crippen molar-refractivity contribution < 1.29 is 0 Å². The normalized spacial score (nSPS) is 13.5. The van der Waals surface area contributed by atoms with Crippen molar-refractivity contribution in [1.82, 2.24) is 18.7 Å². The van der Waals surface area contributed by atoms with Crippen molar-refractivity contribution in [2.45, 2.75) is 46.2 Å². The third-order valence-corrected chi connectivity index (χ3v) is 6.28. The molecule has 9 nitrogen and oxygen atoms in total. The molecule has 0 aromatic carbocycles. The largest absolute Gasteiger partial charge is 0.357 e. The number of fused-ring (bicyclic) bond motifs is 1. The van der Waals surface area contributed by atoms with Gasteiger partial charge in [-0.05, 0) is 45.2 Å². The lowest BCUT2D eigenvalue weighted by molar-refractivity contribution is 0.565. The van der Waals surface area contributed by atoms with E-state index < -0.39 is 11.2 Å². The number of pyridine rings is 1. The maximum Gasteiger partial charge on any atom is 0.331 e. The second-order valence-corrected chi connectivity index (χ2v) is 8.79. The number of piperidine rings is 1. The molecule has 0 spiro atoms. The Morgan fingerprint density at radius 1 is 1.09 bits per heavy atom. The van der Waals surface area contributed by atoms with Crippen molar-refractivity contribution in [2.24, 2.45) is 7.05 Å². The van der Waals surface area contributed by atoms with Gasteiger partial charge in [0.15, 0.2) is 0 Å². The second kappa shape index (κ2) is 9.40. The molecule has 3 aromatic heterocycles. The summed E-state index contributed by atoms with van der Waals surface area (Å²) in [5, 5.41) is 19.6. The molecule has 34 heavy (non-hydrogen) atoms. The highest BCUT2D eigenvalue weighted by Crippen LogP contribution is 2.32. The summed E-state index contributed by atoms with van der Waals surface area (Å²) in [6.07, 6.45) is 6.69. The predicted octanol–water partition coefficient (Wildman–Crippen LogP) is 2.64. The summed E-state index contributed by atoms with van der Waals surface area (Å²) in [6, 6.07) is 7.59. The molecular formula is C25H27N7O2. The molecule has 4 rings (SSSR count). The highest BCUT2D eigenvalue weighted by Gasteiger charge is 2.28. The van der Waals surface area contributed by atoms with Gasteiger partial charge in [0.2, 0.25) is 0 Å². The van der Waals surface area contributed by atoms with Crippen molar-refractivity contribution in [2.75, 3.05) is 18.0 Å². The van der Waals surface area contributed by atoms with Gasteiger partial charge in [-0.15, -0.1) is 0 Å². The Bertz CT molecular complexity index is 1480. The fourth-order valence-corrected chi connectivity index (χ4v) is 4.57. The minimum absolute atomic E-state index is 0.125. The Kier molecular flexibility index (Phi) is 6.38. The van der Waals surface area contributed by atoms with Crippen LogP contribution < -0.4 is 16.1 Å². The van der Waals surface area contributed by atoms with Crippen LogP contribution in [-0.2, 0) is 20.1 Å². The van der Waals surface area contributed by atoms with Gasteiger partial charge in [-0.3, -0.25) is 18.9 Å². The minimum atomic E-state index is -0.548. The van der Waals surface area contributed by atoms with Crippen molar-refractivity contribution >= 4 is 16.9 Å². The quantitative estimate of drug-likeness (QED) is 0.545. The molecule has 3 aromatic rings. The Labute approximate surface area is 197 Å². The number of allylic oxidation sites excluding steroid dienone is 2. The molecule has 0 radical (unpaired) electrons. The standard InChI is InChI=1S/C25H27N7O2/c1-17(2)9-13-31-22-21(19(15-27)23(31)30-11-5-4-6-12-30)29(3)25(34)32(24(22)33)16-20-18(14-26)8-7-10-28-20/h7-10H,4-6,11-13,16H2,1-3H3. The first kappa shape index (κ1) is 23.1. The molecule has 0 bridgehead atoms. The van der Waals surface area contributed by atoms with Gasteiger partial charge in [0.25, 0.3) is 5.56 Å². The lowest BCUT2D eigenvalue weighted by atomic mass is 10.1. The van der Waals surface area contributed by atoms with E-state index in [-0.39, 0.29) is 6.54 Å². The summed E-state index contributed by atoms with van der Waals surface area (Å²) >= 11 is 0. The van der Waals surface area contributed by atoms with E-state index in [2.05, 4.69) is 22.0 Å². The number of hydrogen-bond donors (Lipinski definition) is 0. The molecule has 1 aliphatic heterocycles. The SMILES string of the molecule is CC(C)=CCn1c(N2CCCCC2)c(C#N)c2c1c(=O)n(Cc1ncccc1C#N)c(=O)n2C. The Morgan fingerprint density at radius 3 is 2.47 bits per heavy atom. The van der Waals surface area contributed by atoms with Crippen LogP contribution in [0.3, 0.4) is 0 Å². The highest BCUT2D eigenvalue weighted by molar-refractivity contribution is 5.90. The van der Waals surface area contributed by atoms with Crippen LogP contribution in [0.2, 0.25) is 0 Å². The third-order valence-electron chi connectivity index (χ3n) is 6.28. The minimum Gasteiger partial charge on any atom is -0.357 e. The Morgan fingerprint density at radius 2 is 1.82 bits per heavy atom. The summed E-state index contributed by atoms with van der Waals surface area (Å²) in [5.41, 5.74) is 1.71. The molecule has 0 unspecified atom stereocenters. The average molecular weight is 458 g/mol. The molecule has 1 aliphatic rings. The van der Waals surface area contributed by atoms with E-state index in [1.54, 1.807) is 19.2 Å². The lowest BCUT2D eigenvalue weighted by Crippen LogP contribution is -2.40. The molecular weight excluding hydrogens is 430 g/mol. The van der Waals surface area contributed by atoms with Gasteiger partial charge < -0.3 is 9.47 Å². The molecule has 174 valence electrons. The monoisotopic (exact) mass is 457 g/mol. The summed E-state index contributed by atoms with van der Waals surface area (Å²) in [5.74, 6) is 0.690. The van der Waals surface area contributed by atoms with Crippen LogP contribution in [0.5, 0.6) is 0 Å². The molecule has 0 N–H and O–H groups in total. The van der Waals surface area contributed by atoms with E-state index in [4.69, 9.17) is 0 Å². The summed E-state index contributed by atoms with van der Waals surface area (Å²) in [6.45, 7) is 5.83. The molecule has 0 aliphatic carbocycles. The van der Waals surface area contributed by atoms with Crippen molar-refractivity contribution in [3.63, 3.8) is 0 Å². The smallest absolute Gasteiger partial charge is 0.331 e. The number of nitriles is 2. The van der Waals surface area contributed by atoms with Crippen LogP contribution in [0.15, 0.2) is 39.6 Å².